The highest BCUT2D eigenvalue weighted by molar-refractivity contribution is 14.0. The number of halogens is 1. The van der Waals surface area contributed by atoms with Crippen LogP contribution < -0.4 is 10.6 Å². The smallest absolute Gasteiger partial charge is 0.191 e. The standard InChI is InChI=1S/C16H26N4S.HI/c1-4-17-15(20-12-16(3)8-6-10-21-16)19-11-14-13(2)7-5-9-18-14;/h5,7,9H,4,6,8,10-12H2,1-3H3,(H2,17,19,20);1H. The number of nitrogens with zero attached hydrogens (tertiary/aromatic N) is 2. The van der Waals surface area contributed by atoms with E-state index >= 15 is 0 Å². The van der Waals surface area contributed by atoms with Crippen molar-refractivity contribution in [1.82, 2.24) is 15.6 Å². The number of aryl methyl sites for hydroxylation is 1. The van der Waals surface area contributed by atoms with Gasteiger partial charge < -0.3 is 10.6 Å². The molecule has 0 bridgehead atoms. The number of rotatable bonds is 5. The molecular formula is C16H27IN4S. The van der Waals surface area contributed by atoms with E-state index < -0.39 is 0 Å². The summed E-state index contributed by atoms with van der Waals surface area (Å²) < 4.78 is 0.344. The summed E-state index contributed by atoms with van der Waals surface area (Å²) >= 11 is 2.06. The monoisotopic (exact) mass is 434 g/mol. The molecule has 6 heteroatoms. The molecule has 0 amide bonds. The van der Waals surface area contributed by atoms with Crippen molar-refractivity contribution in [3.05, 3.63) is 29.6 Å². The third-order valence-corrected chi connectivity index (χ3v) is 5.32. The largest absolute Gasteiger partial charge is 0.357 e. The molecule has 1 saturated heterocycles. The van der Waals surface area contributed by atoms with Crippen molar-refractivity contribution < 1.29 is 0 Å². The van der Waals surface area contributed by atoms with Crippen molar-refractivity contribution >= 4 is 41.7 Å². The first-order chi connectivity index (χ1) is 10.1. The number of aliphatic imine (C=N–C) groups is 1. The molecule has 1 unspecified atom stereocenters. The zero-order chi connectivity index (χ0) is 15.1. The molecule has 0 saturated carbocycles. The van der Waals surface area contributed by atoms with Crippen LogP contribution in [0.4, 0.5) is 0 Å². The highest BCUT2D eigenvalue weighted by atomic mass is 127. The molecular weight excluding hydrogens is 407 g/mol. The highest BCUT2D eigenvalue weighted by Gasteiger charge is 2.29. The lowest BCUT2D eigenvalue weighted by molar-refractivity contribution is 0.584. The molecule has 22 heavy (non-hydrogen) atoms. The van der Waals surface area contributed by atoms with Gasteiger partial charge in [0.25, 0.3) is 0 Å². The third-order valence-electron chi connectivity index (χ3n) is 3.78. The number of nitrogens with one attached hydrogen (secondary N) is 2. The molecule has 1 aromatic rings. The van der Waals surface area contributed by atoms with Crippen LogP contribution in [0.2, 0.25) is 0 Å². The average Bonchev–Trinajstić information content (AvgIpc) is 2.91. The minimum atomic E-state index is 0. The Morgan fingerprint density at radius 2 is 2.27 bits per heavy atom. The molecule has 1 aliphatic rings. The van der Waals surface area contributed by atoms with E-state index in [1.54, 1.807) is 0 Å². The summed E-state index contributed by atoms with van der Waals surface area (Å²) in [6.45, 7) is 8.96. The summed E-state index contributed by atoms with van der Waals surface area (Å²) in [5, 5.41) is 6.80. The van der Waals surface area contributed by atoms with Gasteiger partial charge in [0.15, 0.2) is 5.96 Å². The molecule has 0 spiro atoms. The fourth-order valence-electron chi connectivity index (χ4n) is 2.43. The topological polar surface area (TPSA) is 49.3 Å². The summed E-state index contributed by atoms with van der Waals surface area (Å²) in [6.07, 6.45) is 4.43. The molecule has 2 rings (SSSR count). The first-order valence-corrected chi connectivity index (χ1v) is 8.68. The molecule has 0 aliphatic carbocycles. The van der Waals surface area contributed by atoms with Crippen LogP contribution in [0.5, 0.6) is 0 Å². The Balaban J connectivity index is 0.00000242. The fraction of sp³-hybridized carbons (Fsp3) is 0.625. The Morgan fingerprint density at radius 1 is 1.45 bits per heavy atom. The van der Waals surface area contributed by atoms with E-state index in [0.717, 1.165) is 24.7 Å². The van der Waals surface area contributed by atoms with Crippen molar-refractivity contribution in [3.8, 4) is 0 Å². The van der Waals surface area contributed by atoms with Crippen molar-refractivity contribution in [2.24, 2.45) is 4.99 Å². The van der Waals surface area contributed by atoms with E-state index in [-0.39, 0.29) is 24.0 Å². The predicted molar refractivity (Wildman–Crippen MR) is 107 cm³/mol. The molecule has 2 N–H and O–H groups in total. The molecule has 1 aliphatic heterocycles. The van der Waals surface area contributed by atoms with Gasteiger partial charge in [-0.3, -0.25) is 4.98 Å². The molecule has 1 aromatic heterocycles. The normalized spacial score (nSPS) is 21.3. The van der Waals surface area contributed by atoms with Crippen LogP contribution in [0.3, 0.4) is 0 Å². The second-order valence-electron chi connectivity index (χ2n) is 5.72. The van der Waals surface area contributed by atoms with Gasteiger partial charge in [-0.05, 0) is 51.0 Å². The lowest BCUT2D eigenvalue weighted by Gasteiger charge is -2.24. The Morgan fingerprint density at radius 3 is 2.91 bits per heavy atom. The minimum absolute atomic E-state index is 0. The maximum Gasteiger partial charge on any atom is 0.191 e. The third kappa shape index (κ3) is 5.95. The second kappa shape index (κ2) is 9.60. The molecule has 0 aromatic carbocycles. The highest BCUT2D eigenvalue weighted by Crippen LogP contribution is 2.36. The quantitative estimate of drug-likeness (QED) is 0.424. The van der Waals surface area contributed by atoms with Crippen LogP contribution in [0, 0.1) is 6.92 Å². The van der Waals surface area contributed by atoms with Crippen molar-refractivity contribution in [1.29, 1.82) is 0 Å². The average molecular weight is 434 g/mol. The Hall–Kier alpha value is -0.500. The Bertz CT molecular complexity index is 487. The maximum atomic E-state index is 4.66. The SMILES string of the molecule is CCNC(=NCc1ncccc1C)NCC1(C)CCCS1.I. The molecule has 4 nitrogen and oxygen atoms in total. The van der Waals surface area contributed by atoms with E-state index in [1.807, 2.05) is 12.3 Å². The zero-order valence-corrected chi connectivity index (χ0v) is 16.8. The van der Waals surface area contributed by atoms with Gasteiger partial charge in [-0.15, -0.1) is 24.0 Å². The number of thioether (sulfide) groups is 1. The summed E-state index contributed by atoms with van der Waals surface area (Å²) in [7, 11) is 0. The number of pyridine rings is 1. The molecule has 1 atom stereocenters. The number of hydrogen-bond acceptors (Lipinski definition) is 3. The van der Waals surface area contributed by atoms with Gasteiger partial charge in [0.2, 0.25) is 0 Å². The van der Waals surface area contributed by atoms with E-state index in [2.05, 4.69) is 59.2 Å². The Kier molecular flexibility index (Phi) is 8.53. The number of hydrogen-bond donors (Lipinski definition) is 2. The van der Waals surface area contributed by atoms with Crippen LogP contribution in [0.15, 0.2) is 23.3 Å². The summed E-state index contributed by atoms with van der Waals surface area (Å²) in [4.78, 5) is 9.05. The minimum Gasteiger partial charge on any atom is -0.357 e. The van der Waals surface area contributed by atoms with Crippen LogP contribution in [0.1, 0.15) is 37.9 Å². The summed E-state index contributed by atoms with van der Waals surface area (Å²) in [6, 6.07) is 4.04. The van der Waals surface area contributed by atoms with Crippen molar-refractivity contribution in [2.45, 2.75) is 44.9 Å². The van der Waals surface area contributed by atoms with E-state index in [1.165, 1.54) is 24.2 Å². The molecule has 1 fully saturated rings. The van der Waals surface area contributed by atoms with Gasteiger partial charge in [0.05, 0.1) is 12.2 Å². The van der Waals surface area contributed by atoms with Gasteiger partial charge in [0, 0.05) is 24.0 Å². The number of aromatic nitrogens is 1. The van der Waals surface area contributed by atoms with Crippen LogP contribution in [0.25, 0.3) is 0 Å². The van der Waals surface area contributed by atoms with Gasteiger partial charge in [-0.2, -0.15) is 11.8 Å². The van der Waals surface area contributed by atoms with E-state index in [4.69, 9.17) is 0 Å². The maximum absolute atomic E-state index is 4.66. The lowest BCUT2D eigenvalue weighted by atomic mass is 10.1. The van der Waals surface area contributed by atoms with Crippen LogP contribution >= 0.6 is 35.7 Å². The number of guanidine groups is 1. The van der Waals surface area contributed by atoms with Gasteiger partial charge in [-0.1, -0.05) is 6.07 Å². The molecule has 124 valence electrons. The first-order valence-electron chi connectivity index (χ1n) is 7.69. The predicted octanol–water partition coefficient (Wildman–Crippen LogP) is 3.35. The van der Waals surface area contributed by atoms with Crippen LogP contribution in [-0.4, -0.2) is 34.5 Å². The fourth-order valence-corrected chi connectivity index (χ4v) is 3.67. The second-order valence-corrected chi connectivity index (χ2v) is 7.40. The molecule has 0 radical (unpaired) electrons. The van der Waals surface area contributed by atoms with E-state index in [9.17, 15) is 0 Å². The van der Waals surface area contributed by atoms with E-state index in [0.29, 0.717) is 11.3 Å². The van der Waals surface area contributed by atoms with Gasteiger partial charge >= 0.3 is 0 Å². The lowest BCUT2D eigenvalue weighted by Crippen LogP contribution is -2.43. The zero-order valence-electron chi connectivity index (χ0n) is 13.7. The summed E-state index contributed by atoms with van der Waals surface area (Å²) in [5.41, 5.74) is 2.23. The van der Waals surface area contributed by atoms with Gasteiger partial charge in [-0.25, -0.2) is 4.99 Å². The summed E-state index contributed by atoms with van der Waals surface area (Å²) in [5.74, 6) is 2.16. The van der Waals surface area contributed by atoms with Crippen molar-refractivity contribution in [2.75, 3.05) is 18.8 Å². The van der Waals surface area contributed by atoms with Crippen molar-refractivity contribution in [3.63, 3.8) is 0 Å². The van der Waals surface area contributed by atoms with Gasteiger partial charge in [0.1, 0.15) is 0 Å². The molecule has 2 heterocycles. The van der Waals surface area contributed by atoms with Crippen LogP contribution in [-0.2, 0) is 6.54 Å². The Labute approximate surface area is 155 Å². The first kappa shape index (κ1) is 19.5.